The third-order valence-corrected chi connectivity index (χ3v) is 2.91. The monoisotopic (exact) mass is 306 g/mol. The summed E-state index contributed by atoms with van der Waals surface area (Å²) in [5.74, 6) is -1.40. The van der Waals surface area contributed by atoms with Crippen molar-refractivity contribution in [3.63, 3.8) is 0 Å². The van der Waals surface area contributed by atoms with E-state index < -0.39 is 11.8 Å². The van der Waals surface area contributed by atoms with Crippen LogP contribution < -0.4 is 10.6 Å². The van der Waals surface area contributed by atoms with Crippen LogP contribution in [0.15, 0.2) is 48.5 Å². The summed E-state index contributed by atoms with van der Waals surface area (Å²) in [6.45, 7) is 0. The van der Waals surface area contributed by atoms with E-state index in [2.05, 4.69) is 10.6 Å². The average molecular weight is 307 g/mol. The molecule has 0 aliphatic rings. The zero-order valence-electron chi connectivity index (χ0n) is 10.9. The molecule has 0 unspecified atom stereocenters. The molecule has 0 saturated carbocycles. The van der Waals surface area contributed by atoms with Crippen LogP contribution in [0.2, 0.25) is 0 Å². The number of anilines is 2. The van der Waals surface area contributed by atoms with E-state index in [0.29, 0.717) is 16.9 Å². The fourth-order valence-electron chi connectivity index (χ4n) is 1.71. The molecule has 0 radical (unpaired) electrons. The Balaban J connectivity index is 2.18. The van der Waals surface area contributed by atoms with E-state index in [0.717, 1.165) is 0 Å². The first-order chi connectivity index (χ1) is 10.1. The Hall–Kier alpha value is -2.40. The number of hydrogen-bond donors (Lipinski definition) is 2. The largest absolute Gasteiger partial charge is 0.324 e. The van der Waals surface area contributed by atoms with Crippen LogP contribution in [0, 0.1) is 5.82 Å². The van der Waals surface area contributed by atoms with Crippen molar-refractivity contribution in [1.29, 1.82) is 0 Å². The van der Waals surface area contributed by atoms with E-state index >= 15 is 0 Å². The maximum Gasteiger partial charge on any atom is 0.257 e. The van der Waals surface area contributed by atoms with Gasteiger partial charge in [-0.2, -0.15) is 0 Å². The van der Waals surface area contributed by atoms with Crippen LogP contribution in [0.5, 0.6) is 0 Å². The number of carbonyl (C=O) groups excluding carboxylic acids is 2. The zero-order valence-corrected chi connectivity index (χ0v) is 11.7. The van der Waals surface area contributed by atoms with Gasteiger partial charge in [-0.05, 0) is 36.4 Å². The van der Waals surface area contributed by atoms with Crippen LogP contribution >= 0.6 is 11.6 Å². The Morgan fingerprint density at radius 1 is 1.00 bits per heavy atom. The number of amides is 2. The molecule has 2 aromatic rings. The van der Waals surface area contributed by atoms with Crippen molar-refractivity contribution in [2.24, 2.45) is 0 Å². The van der Waals surface area contributed by atoms with Crippen LogP contribution in [-0.4, -0.2) is 17.7 Å². The normalized spacial score (nSPS) is 10.0. The Bertz CT molecular complexity index is 659. The predicted molar refractivity (Wildman–Crippen MR) is 80.1 cm³/mol. The maximum atomic E-state index is 12.8. The molecule has 0 fully saturated rings. The van der Waals surface area contributed by atoms with Gasteiger partial charge in [0.05, 0.1) is 11.3 Å². The van der Waals surface area contributed by atoms with E-state index in [9.17, 15) is 14.0 Å². The van der Waals surface area contributed by atoms with Gasteiger partial charge >= 0.3 is 0 Å². The van der Waals surface area contributed by atoms with Crippen molar-refractivity contribution in [3.8, 4) is 0 Å². The fraction of sp³-hybridized carbons (Fsp3) is 0.0667. The summed E-state index contributed by atoms with van der Waals surface area (Å²) in [5.41, 5.74) is 1.11. The van der Waals surface area contributed by atoms with Crippen LogP contribution in [0.3, 0.4) is 0 Å². The highest BCUT2D eigenvalue weighted by molar-refractivity contribution is 6.29. The molecule has 0 atom stereocenters. The highest BCUT2D eigenvalue weighted by atomic mass is 35.5. The minimum atomic E-state index is -0.410. The van der Waals surface area contributed by atoms with Gasteiger partial charge in [0.25, 0.3) is 5.91 Å². The van der Waals surface area contributed by atoms with Crippen molar-refractivity contribution < 1.29 is 14.0 Å². The minimum Gasteiger partial charge on any atom is -0.324 e. The van der Waals surface area contributed by atoms with Crippen molar-refractivity contribution in [2.45, 2.75) is 0 Å². The predicted octanol–water partition coefficient (Wildman–Crippen LogP) is 3.26. The number of benzene rings is 2. The lowest BCUT2D eigenvalue weighted by Gasteiger charge is -2.10. The Kier molecular flexibility index (Phi) is 4.90. The molecule has 108 valence electrons. The first-order valence-electron chi connectivity index (χ1n) is 6.12. The van der Waals surface area contributed by atoms with Crippen LogP contribution in [-0.2, 0) is 4.79 Å². The summed E-state index contributed by atoms with van der Waals surface area (Å²) in [4.78, 5) is 23.5. The lowest BCUT2D eigenvalue weighted by molar-refractivity contribution is -0.113. The van der Waals surface area contributed by atoms with Crippen molar-refractivity contribution in [3.05, 3.63) is 59.9 Å². The smallest absolute Gasteiger partial charge is 0.257 e. The molecule has 6 heteroatoms. The number of rotatable bonds is 4. The highest BCUT2D eigenvalue weighted by Crippen LogP contribution is 2.17. The van der Waals surface area contributed by atoms with Crippen molar-refractivity contribution in [1.82, 2.24) is 0 Å². The molecule has 2 N–H and O–H groups in total. The Morgan fingerprint density at radius 2 is 1.67 bits per heavy atom. The van der Waals surface area contributed by atoms with Crippen LogP contribution in [0.4, 0.5) is 15.8 Å². The molecule has 4 nitrogen and oxygen atoms in total. The summed E-state index contributed by atoms with van der Waals surface area (Å²) < 4.78 is 12.8. The van der Waals surface area contributed by atoms with Gasteiger partial charge in [-0.15, -0.1) is 11.6 Å². The average Bonchev–Trinajstić information content (AvgIpc) is 2.50. The topological polar surface area (TPSA) is 58.2 Å². The summed E-state index contributed by atoms with van der Waals surface area (Å²) >= 11 is 5.43. The molecular weight excluding hydrogens is 295 g/mol. The summed E-state index contributed by atoms with van der Waals surface area (Å²) in [7, 11) is 0. The second-order valence-electron chi connectivity index (χ2n) is 4.19. The fourth-order valence-corrected chi connectivity index (χ4v) is 1.77. The highest BCUT2D eigenvalue weighted by Gasteiger charge is 2.12. The molecule has 0 spiro atoms. The lowest BCUT2D eigenvalue weighted by atomic mass is 10.1. The number of hydrogen-bond acceptors (Lipinski definition) is 2. The van der Waals surface area contributed by atoms with E-state index in [4.69, 9.17) is 11.6 Å². The van der Waals surface area contributed by atoms with Crippen LogP contribution in [0.1, 0.15) is 10.4 Å². The van der Waals surface area contributed by atoms with Gasteiger partial charge in [-0.1, -0.05) is 12.1 Å². The van der Waals surface area contributed by atoms with Gasteiger partial charge in [0.2, 0.25) is 5.91 Å². The molecule has 0 aliphatic heterocycles. The van der Waals surface area contributed by atoms with Gasteiger partial charge in [0.1, 0.15) is 11.7 Å². The molecule has 2 rings (SSSR count). The van der Waals surface area contributed by atoms with E-state index in [-0.39, 0.29) is 11.7 Å². The molecule has 2 aromatic carbocycles. The van der Waals surface area contributed by atoms with Gasteiger partial charge in [-0.25, -0.2) is 4.39 Å². The first kappa shape index (κ1) is 15.0. The summed E-state index contributed by atoms with van der Waals surface area (Å²) in [5, 5.41) is 5.17. The summed E-state index contributed by atoms with van der Waals surface area (Å²) in [6, 6.07) is 11.9. The van der Waals surface area contributed by atoms with Gasteiger partial charge in [0.15, 0.2) is 0 Å². The molecule has 0 heterocycles. The number of carbonyl (C=O) groups is 2. The van der Waals surface area contributed by atoms with Crippen LogP contribution in [0.25, 0.3) is 0 Å². The number of nitrogens with one attached hydrogen (secondary N) is 2. The standard InChI is InChI=1S/C15H12ClFN2O2/c16-9-14(20)19-13-4-2-1-3-12(13)15(21)18-11-7-5-10(17)6-8-11/h1-8H,9H2,(H,18,21)(H,19,20). The molecule has 0 aromatic heterocycles. The van der Waals surface area contributed by atoms with E-state index in [1.54, 1.807) is 24.3 Å². The Morgan fingerprint density at radius 3 is 2.33 bits per heavy atom. The summed E-state index contributed by atoms with van der Waals surface area (Å²) in [6.07, 6.45) is 0. The second-order valence-corrected chi connectivity index (χ2v) is 4.46. The second kappa shape index (κ2) is 6.85. The molecule has 0 aliphatic carbocycles. The number of alkyl halides is 1. The van der Waals surface area contributed by atoms with Gasteiger partial charge in [0, 0.05) is 5.69 Å². The van der Waals surface area contributed by atoms with Crippen molar-refractivity contribution >= 4 is 34.8 Å². The number of halogens is 2. The van der Waals surface area contributed by atoms with Gasteiger partial charge in [-0.3, -0.25) is 9.59 Å². The molecular formula is C15H12ClFN2O2. The molecule has 0 bridgehead atoms. The van der Waals surface area contributed by atoms with E-state index in [1.165, 1.54) is 24.3 Å². The Labute approximate surface area is 125 Å². The maximum absolute atomic E-state index is 12.8. The quantitative estimate of drug-likeness (QED) is 0.852. The lowest BCUT2D eigenvalue weighted by Crippen LogP contribution is -2.18. The molecule has 0 saturated heterocycles. The third kappa shape index (κ3) is 4.03. The minimum absolute atomic E-state index is 0.200. The SMILES string of the molecule is O=C(CCl)Nc1ccccc1C(=O)Nc1ccc(F)cc1. The molecule has 2 amide bonds. The number of para-hydroxylation sites is 1. The van der Waals surface area contributed by atoms with Gasteiger partial charge < -0.3 is 10.6 Å². The molecule has 21 heavy (non-hydrogen) atoms. The zero-order chi connectivity index (χ0) is 15.2. The van der Waals surface area contributed by atoms with E-state index in [1.807, 2.05) is 0 Å². The first-order valence-corrected chi connectivity index (χ1v) is 6.65. The van der Waals surface area contributed by atoms with Crippen molar-refractivity contribution in [2.75, 3.05) is 16.5 Å². The third-order valence-electron chi connectivity index (χ3n) is 2.67.